The molecule has 0 fully saturated rings. The summed E-state index contributed by atoms with van der Waals surface area (Å²) in [4.78, 5) is 17.0. The summed E-state index contributed by atoms with van der Waals surface area (Å²) in [6.45, 7) is 0. The van der Waals surface area contributed by atoms with Gasteiger partial charge in [-0.1, -0.05) is 59.0 Å². The van der Waals surface area contributed by atoms with Gasteiger partial charge in [0.15, 0.2) is 5.13 Å². The average Bonchev–Trinajstić information content (AvgIpc) is 3.31. The molecule has 2 aromatic carbocycles. The first-order valence-electron chi connectivity index (χ1n) is 7.96. The molecule has 0 bridgehead atoms. The van der Waals surface area contributed by atoms with Gasteiger partial charge in [-0.3, -0.25) is 4.79 Å². The predicted octanol–water partition coefficient (Wildman–Crippen LogP) is 4.49. The smallest absolute Gasteiger partial charge is 0.244 e. The molecule has 4 aromatic rings. The Morgan fingerprint density at radius 3 is 2.63 bits per heavy atom. The van der Waals surface area contributed by atoms with Gasteiger partial charge in [0.2, 0.25) is 11.5 Å². The summed E-state index contributed by atoms with van der Waals surface area (Å²) in [6, 6.07) is 17.1. The molecule has 0 saturated heterocycles. The first kappa shape index (κ1) is 16.9. The number of nitrogens with one attached hydrogen (secondary N) is 1. The molecule has 3 N–H and O–H groups in total. The second kappa shape index (κ2) is 7.00. The summed E-state index contributed by atoms with van der Waals surface area (Å²) < 4.78 is 18.9. The normalized spacial score (nSPS) is 10.7. The highest BCUT2D eigenvalue weighted by atomic mass is 32.1. The number of halogens is 1. The minimum Gasteiger partial charge on any atom is -0.382 e. The third-order valence-electron chi connectivity index (χ3n) is 3.78. The highest BCUT2D eigenvalue weighted by Gasteiger charge is 2.22. The van der Waals surface area contributed by atoms with E-state index >= 15 is 0 Å². The first-order valence-corrected chi connectivity index (χ1v) is 8.78. The largest absolute Gasteiger partial charge is 0.382 e. The zero-order valence-corrected chi connectivity index (χ0v) is 14.7. The summed E-state index contributed by atoms with van der Waals surface area (Å²) in [5.74, 6) is -0.758. The molecule has 0 radical (unpaired) electrons. The molecule has 4 rings (SSSR count). The van der Waals surface area contributed by atoms with E-state index in [0.29, 0.717) is 10.8 Å². The molecule has 134 valence electrons. The van der Waals surface area contributed by atoms with Gasteiger partial charge in [0.1, 0.15) is 22.2 Å². The number of para-hydroxylation sites is 1. The van der Waals surface area contributed by atoms with Crippen molar-refractivity contribution >= 4 is 33.8 Å². The van der Waals surface area contributed by atoms with Gasteiger partial charge in [-0.25, -0.2) is 9.37 Å². The highest BCUT2D eigenvalue weighted by Crippen LogP contribution is 2.31. The molecule has 2 aromatic heterocycles. The van der Waals surface area contributed by atoms with Crippen molar-refractivity contribution in [3.63, 3.8) is 0 Å². The van der Waals surface area contributed by atoms with E-state index in [9.17, 15) is 9.18 Å². The number of benzene rings is 2. The Balaban J connectivity index is 1.59. The van der Waals surface area contributed by atoms with Crippen LogP contribution in [0.4, 0.5) is 21.0 Å². The van der Waals surface area contributed by atoms with E-state index in [1.54, 1.807) is 24.3 Å². The second-order valence-electron chi connectivity index (χ2n) is 5.61. The fourth-order valence-electron chi connectivity index (χ4n) is 2.46. The van der Waals surface area contributed by atoms with Gasteiger partial charge < -0.3 is 15.6 Å². The lowest BCUT2D eigenvalue weighted by atomic mass is 10.1. The number of aromatic nitrogens is 2. The second-order valence-corrected chi connectivity index (χ2v) is 6.61. The first-order chi connectivity index (χ1) is 13.1. The van der Waals surface area contributed by atoms with Crippen molar-refractivity contribution in [1.29, 1.82) is 0 Å². The molecular formula is C19H13FN4O2S. The van der Waals surface area contributed by atoms with Crippen molar-refractivity contribution in [2.45, 2.75) is 0 Å². The van der Waals surface area contributed by atoms with E-state index in [1.807, 2.05) is 30.3 Å². The Bertz CT molecular complexity index is 1110. The van der Waals surface area contributed by atoms with Crippen LogP contribution in [0.15, 0.2) is 65.2 Å². The van der Waals surface area contributed by atoms with E-state index in [-0.39, 0.29) is 22.1 Å². The average molecular weight is 380 g/mol. The Kier molecular flexibility index (Phi) is 4.39. The number of nitrogen functional groups attached to an aromatic ring is 1. The predicted molar refractivity (Wildman–Crippen MR) is 102 cm³/mol. The highest BCUT2D eigenvalue weighted by molar-refractivity contribution is 7.18. The Morgan fingerprint density at radius 2 is 1.85 bits per heavy atom. The van der Waals surface area contributed by atoms with E-state index < -0.39 is 11.6 Å². The van der Waals surface area contributed by atoms with Crippen molar-refractivity contribution in [3.05, 3.63) is 77.1 Å². The van der Waals surface area contributed by atoms with Gasteiger partial charge in [-0.2, -0.15) is 0 Å². The van der Waals surface area contributed by atoms with Crippen LogP contribution in [0.3, 0.4) is 0 Å². The molecule has 6 nitrogen and oxygen atoms in total. The van der Waals surface area contributed by atoms with Gasteiger partial charge in [0.25, 0.3) is 0 Å². The number of hydrogen-bond acceptors (Lipinski definition) is 7. The molecule has 8 heteroatoms. The molecular weight excluding hydrogens is 367 g/mol. The van der Waals surface area contributed by atoms with Gasteiger partial charge in [-0.05, 0) is 12.1 Å². The molecule has 0 amide bonds. The summed E-state index contributed by atoms with van der Waals surface area (Å²) >= 11 is 1.02. The fourth-order valence-corrected chi connectivity index (χ4v) is 3.31. The third kappa shape index (κ3) is 3.42. The molecule has 0 saturated carbocycles. The number of nitrogens with two attached hydrogens (primary N) is 1. The van der Waals surface area contributed by atoms with Crippen LogP contribution >= 0.6 is 11.3 Å². The maximum absolute atomic E-state index is 13.8. The van der Waals surface area contributed by atoms with Crippen LogP contribution in [0.1, 0.15) is 15.4 Å². The van der Waals surface area contributed by atoms with Gasteiger partial charge in [-0.15, -0.1) is 0 Å². The van der Waals surface area contributed by atoms with E-state index in [1.165, 1.54) is 6.07 Å². The van der Waals surface area contributed by atoms with Crippen LogP contribution in [0.2, 0.25) is 0 Å². The molecule has 0 spiro atoms. The monoisotopic (exact) mass is 380 g/mol. The fraction of sp³-hybridized carbons (Fsp3) is 0. The summed E-state index contributed by atoms with van der Waals surface area (Å²) in [5.41, 5.74) is 7.50. The maximum Gasteiger partial charge on any atom is 0.244 e. The zero-order chi connectivity index (χ0) is 18.8. The van der Waals surface area contributed by atoms with Crippen molar-refractivity contribution < 1.29 is 13.7 Å². The molecule has 0 atom stereocenters. The number of thiazole rings is 1. The van der Waals surface area contributed by atoms with E-state index in [0.717, 1.165) is 16.9 Å². The molecule has 0 unspecified atom stereocenters. The standard InChI is InChI=1S/C19H13FN4O2S/c20-12-8-4-5-9-13(12)22-19-23-18(21)17(27-19)16(25)15-10-14(24-26-15)11-6-2-1-3-7-11/h1-10H,21H2,(H,22,23). The molecule has 0 aliphatic rings. The number of anilines is 3. The number of nitrogens with zero attached hydrogens (tertiary/aromatic N) is 2. The summed E-state index contributed by atoms with van der Waals surface area (Å²) in [5, 5.41) is 7.06. The van der Waals surface area contributed by atoms with Crippen LogP contribution < -0.4 is 11.1 Å². The zero-order valence-electron chi connectivity index (χ0n) is 13.8. The van der Waals surface area contributed by atoms with Crippen LogP contribution in [-0.2, 0) is 0 Å². The van der Waals surface area contributed by atoms with E-state index in [2.05, 4.69) is 15.5 Å². The Labute approximate surface area is 157 Å². The molecule has 27 heavy (non-hydrogen) atoms. The van der Waals surface area contributed by atoms with Crippen LogP contribution in [0, 0.1) is 5.82 Å². The lowest BCUT2D eigenvalue weighted by Crippen LogP contribution is -2.01. The summed E-state index contributed by atoms with van der Waals surface area (Å²) in [7, 11) is 0. The number of carbonyl (C=O) groups excluding carboxylic acids is 1. The lowest BCUT2D eigenvalue weighted by Gasteiger charge is -2.02. The minimum atomic E-state index is -0.429. The van der Waals surface area contributed by atoms with Crippen LogP contribution in [-0.4, -0.2) is 15.9 Å². The van der Waals surface area contributed by atoms with Crippen molar-refractivity contribution in [2.75, 3.05) is 11.1 Å². The quantitative estimate of drug-likeness (QED) is 0.495. The van der Waals surface area contributed by atoms with Crippen molar-refractivity contribution in [1.82, 2.24) is 10.1 Å². The topological polar surface area (TPSA) is 94.0 Å². The Morgan fingerprint density at radius 1 is 1.11 bits per heavy atom. The van der Waals surface area contributed by atoms with Gasteiger partial charge in [0, 0.05) is 11.6 Å². The lowest BCUT2D eigenvalue weighted by molar-refractivity contribution is 0.100. The molecule has 0 aliphatic heterocycles. The molecule has 0 aliphatic carbocycles. The Hall–Kier alpha value is -3.52. The van der Waals surface area contributed by atoms with Crippen molar-refractivity contribution in [3.8, 4) is 11.3 Å². The van der Waals surface area contributed by atoms with Crippen LogP contribution in [0.5, 0.6) is 0 Å². The summed E-state index contributed by atoms with van der Waals surface area (Å²) in [6.07, 6.45) is 0. The van der Waals surface area contributed by atoms with Gasteiger partial charge in [0.05, 0.1) is 5.69 Å². The number of ketones is 1. The van der Waals surface area contributed by atoms with E-state index in [4.69, 9.17) is 10.3 Å². The third-order valence-corrected chi connectivity index (χ3v) is 4.76. The number of hydrogen-bond donors (Lipinski definition) is 2. The maximum atomic E-state index is 13.8. The van der Waals surface area contributed by atoms with Crippen LogP contribution in [0.25, 0.3) is 11.3 Å². The molecule has 2 heterocycles. The minimum absolute atomic E-state index is 0.0431. The van der Waals surface area contributed by atoms with Crippen molar-refractivity contribution in [2.24, 2.45) is 0 Å². The number of carbonyl (C=O) groups is 1. The van der Waals surface area contributed by atoms with Gasteiger partial charge >= 0.3 is 0 Å². The number of rotatable bonds is 5. The SMILES string of the molecule is Nc1nc(Nc2ccccc2F)sc1C(=O)c1cc(-c2ccccc2)no1.